The maximum absolute atomic E-state index is 11.5. The lowest BCUT2D eigenvalue weighted by Gasteiger charge is -2.02. The number of rotatable bonds is 5. The quantitative estimate of drug-likeness (QED) is 0.790. The summed E-state index contributed by atoms with van der Waals surface area (Å²) >= 11 is 4.43. The highest BCUT2D eigenvalue weighted by molar-refractivity contribution is 9.10. The number of imide groups is 1. The Bertz CT molecular complexity index is 677. The molecule has 0 spiro atoms. The number of aromatic nitrogens is 2. The van der Waals surface area contributed by atoms with Gasteiger partial charge in [-0.2, -0.15) is 0 Å². The third kappa shape index (κ3) is 4.57. The van der Waals surface area contributed by atoms with Crippen LogP contribution in [-0.2, 0) is 9.53 Å². The Morgan fingerprint density at radius 1 is 1.36 bits per heavy atom. The fourth-order valence-electron chi connectivity index (χ4n) is 1.46. The summed E-state index contributed by atoms with van der Waals surface area (Å²) in [5, 5.41) is 10.1. The number of amides is 2. The molecule has 2 amide bonds. The zero-order valence-electron chi connectivity index (χ0n) is 11.5. The molecule has 0 aliphatic rings. The minimum Gasteiger partial charge on any atom is -0.450 e. The molecular formula is C13H12BrN3O4S. The smallest absolute Gasteiger partial charge is 0.413 e. The highest BCUT2D eigenvalue weighted by Gasteiger charge is 2.14. The number of nitrogens with one attached hydrogen (secondary N) is 1. The maximum Gasteiger partial charge on any atom is 0.413 e. The second-order valence-corrected chi connectivity index (χ2v) is 5.69. The third-order valence-corrected chi connectivity index (χ3v) is 3.86. The molecule has 0 aliphatic carbocycles. The topological polar surface area (TPSA) is 94.3 Å². The van der Waals surface area contributed by atoms with E-state index in [1.165, 1.54) is 0 Å². The van der Waals surface area contributed by atoms with Crippen LogP contribution in [0.3, 0.4) is 0 Å². The first-order valence-electron chi connectivity index (χ1n) is 6.28. The van der Waals surface area contributed by atoms with Gasteiger partial charge in [-0.25, -0.2) is 4.79 Å². The van der Waals surface area contributed by atoms with Crippen molar-refractivity contribution in [1.29, 1.82) is 0 Å². The van der Waals surface area contributed by atoms with E-state index in [0.717, 1.165) is 21.8 Å². The number of benzene rings is 1. The summed E-state index contributed by atoms with van der Waals surface area (Å²) in [5.74, 6) is -0.180. The molecule has 7 nitrogen and oxygen atoms in total. The van der Waals surface area contributed by atoms with Crippen LogP contribution in [0.25, 0.3) is 11.5 Å². The van der Waals surface area contributed by atoms with Crippen molar-refractivity contribution in [3.63, 3.8) is 0 Å². The van der Waals surface area contributed by atoms with Crippen molar-refractivity contribution in [3.8, 4) is 11.5 Å². The number of hydrogen-bond donors (Lipinski definition) is 1. The van der Waals surface area contributed by atoms with Gasteiger partial charge in [0.05, 0.1) is 17.9 Å². The molecule has 2 rings (SSSR count). The van der Waals surface area contributed by atoms with E-state index in [2.05, 4.69) is 36.2 Å². The van der Waals surface area contributed by atoms with Crippen molar-refractivity contribution in [2.75, 3.05) is 12.4 Å². The molecule has 1 N–H and O–H groups in total. The van der Waals surface area contributed by atoms with Crippen LogP contribution in [-0.4, -0.2) is 34.6 Å². The molecule has 0 fully saturated rings. The van der Waals surface area contributed by atoms with Crippen LogP contribution in [0.4, 0.5) is 4.79 Å². The number of ether oxygens (including phenoxy) is 1. The number of halogens is 1. The SMILES string of the molecule is CCOC(=O)NC(=O)CSc1nnc(-c2ccccc2Br)o1. The second kappa shape index (κ2) is 7.95. The number of thioether (sulfide) groups is 1. The monoisotopic (exact) mass is 385 g/mol. The molecule has 0 bridgehead atoms. The van der Waals surface area contributed by atoms with Crippen LogP contribution in [0.5, 0.6) is 0 Å². The van der Waals surface area contributed by atoms with Crippen molar-refractivity contribution in [2.24, 2.45) is 0 Å². The van der Waals surface area contributed by atoms with E-state index < -0.39 is 12.0 Å². The summed E-state index contributed by atoms with van der Waals surface area (Å²) in [5.41, 5.74) is 0.762. The molecule has 1 aromatic carbocycles. The van der Waals surface area contributed by atoms with Crippen molar-refractivity contribution in [2.45, 2.75) is 12.1 Å². The molecule has 2 aromatic rings. The third-order valence-electron chi connectivity index (χ3n) is 2.35. The molecule has 1 aromatic heterocycles. The molecule has 0 radical (unpaired) electrons. The predicted molar refractivity (Wildman–Crippen MR) is 83.3 cm³/mol. The largest absolute Gasteiger partial charge is 0.450 e. The first kappa shape index (κ1) is 16.5. The Balaban J connectivity index is 1.92. The summed E-state index contributed by atoms with van der Waals surface area (Å²) in [6.07, 6.45) is -0.771. The Hall–Kier alpha value is -1.87. The van der Waals surface area contributed by atoms with Crippen LogP contribution in [0.1, 0.15) is 6.92 Å². The molecule has 0 atom stereocenters. The lowest BCUT2D eigenvalue weighted by atomic mass is 10.2. The number of nitrogens with zero attached hydrogens (tertiary/aromatic N) is 2. The zero-order valence-corrected chi connectivity index (χ0v) is 13.9. The number of carbonyl (C=O) groups is 2. The standard InChI is InChI=1S/C13H12BrN3O4S/c1-2-20-12(19)15-10(18)7-22-13-17-16-11(21-13)8-5-3-4-6-9(8)14/h3-6H,2,7H2,1H3,(H,15,18,19). The van der Waals surface area contributed by atoms with E-state index in [4.69, 9.17) is 4.42 Å². The van der Waals surface area contributed by atoms with Crippen molar-refractivity contribution < 1.29 is 18.7 Å². The summed E-state index contributed by atoms with van der Waals surface area (Å²) in [4.78, 5) is 22.6. The minimum absolute atomic E-state index is 0.0313. The molecule has 116 valence electrons. The molecule has 0 aliphatic heterocycles. The van der Waals surface area contributed by atoms with Gasteiger partial charge in [0, 0.05) is 4.47 Å². The van der Waals surface area contributed by atoms with Gasteiger partial charge in [-0.1, -0.05) is 23.9 Å². The highest BCUT2D eigenvalue weighted by Crippen LogP contribution is 2.28. The minimum atomic E-state index is -0.771. The van der Waals surface area contributed by atoms with Crippen molar-refractivity contribution in [1.82, 2.24) is 15.5 Å². The van der Waals surface area contributed by atoms with E-state index in [9.17, 15) is 9.59 Å². The van der Waals surface area contributed by atoms with Gasteiger partial charge < -0.3 is 9.15 Å². The maximum atomic E-state index is 11.5. The molecule has 0 unspecified atom stereocenters. The van der Waals surface area contributed by atoms with E-state index in [1.54, 1.807) is 6.92 Å². The summed E-state index contributed by atoms with van der Waals surface area (Å²) in [6.45, 7) is 1.85. The lowest BCUT2D eigenvalue weighted by molar-refractivity contribution is -0.117. The number of carbonyl (C=O) groups excluding carboxylic acids is 2. The van der Waals surface area contributed by atoms with Crippen LogP contribution >= 0.6 is 27.7 Å². The summed E-state index contributed by atoms with van der Waals surface area (Å²) in [6, 6.07) is 7.42. The van der Waals surface area contributed by atoms with Gasteiger partial charge in [0.25, 0.3) is 5.22 Å². The zero-order chi connectivity index (χ0) is 15.9. The summed E-state index contributed by atoms with van der Waals surface area (Å²) in [7, 11) is 0. The van der Waals surface area contributed by atoms with Crippen LogP contribution in [0.15, 0.2) is 38.4 Å². The van der Waals surface area contributed by atoms with Gasteiger partial charge in [0.1, 0.15) is 0 Å². The second-order valence-electron chi connectivity index (χ2n) is 3.91. The molecule has 0 saturated heterocycles. The van der Waals surface area contributed by atoms with E-state index in [-0.39, 0.29) is 17.6 Å². The van der Waals surface area contributed by atoms with Crippen molar-refractivity contribution >= 4 is 39.7 Å². The fourth-order valence-corrected chi connectivity index (χ4v) is 2.47. The Morgan fingerprint density at radius 3 is 2.86 bits per heavy atom. The molecule has 0 saturated carbocycles. The van der Waals surface area contributed by atoms with Crippen LogP contribution in [0.2, 0.25) is 0 Å². The Labute approximate surface area is 138 Å². The number of alkyl carbamates (subject to hydrolysis) is 1. The van der Waals surface area contributed by atoms with Crippen LogP contribution < -0.4 is 5.32 Å². The molecule has 1 heterocycles. The Morgan fingerprint density at radius 2 is 2.14 bits per heavy atom. The van der Waals surface area contributed by atoms with E-state index in [0.29, 0.717) is 5.89 Å². The van der Waals surface area contributed by atoms with Gasteiger partial charge in [-0.3, -0.25) is 10.1 Å². The first-order valence-corrected chi connectivity index (χ1v) is 8.05. The van der Waals surface area contributed by atoms with Gasteiger partial charge in [-0.05, 0) is 35.0 Å². The van der Waals surface area contributed by atoms with Crippen LogP contribution in [0, 0.1) is 0 Å². The number of hydrogen-bond acceptors (Lipinski definition) is 7. The predicted octanol–water partition coefficient (Wildman–Crippen LogP) is 2.86. The first-order chi connectivity index (χ1) is 10.6. The van der Waals surface area contributed by atoms with E-state index >= 15 is 0 Å². The van der Waals surface area contributed by atoms with Gasteiger partial charge >= 0.3 is 6.09 Å². The summed E-state index contributed by atoms with van der Waals surface area (Å²) < 4.78 is 10.9. The van der Waals surface area contributed by atoms with Gasteiger partial charge in [0.2, 0.25) is 11.8 Å². The lowest BCUT2D eigenvalue weighted by Crippen LogP contribution is -2.32. The van der Waals surface area contributed by atoms with Gasteiger partial charge in [-0.15, -0.1) is 10.2 Å². The van der Waals surface area contributed by atoms with Crippen molar-refractivity contribution in [3.05, 3.63) is 28.7 Å². The fraction of sp³-hybridized carbons (Fsp3) is 0.231. The average molecular weight is 386 g/mol. The normalized spacial score (nSPS) is 10.3. The molecule has 22 heavy (non-hydrogen) atoms. The van der Waals surface area contributed by atoms with E-state index in [1.807, 2.05) is 24.3 Å². The average Bonchev–Trinajstić information content (AvgIpc) is 2.94. The highest BCUT2D eigenvalue weighted by atomic mass is 79.9. The molecular weight excluding hydrogens is 374 g/mol. The molecule has 9 heteroatoms. The van der Waals surface area contributed by atoms with Gasteiger partial charge in [0.15, 0.2) is 0 Å². The Kier molecular flexibility index (Phi) is 5.96.